The fourth-order valence-electron chi connectivity index (χ4n) is 2.22. The Morgan fingerprint density at radius 3 is 2.55 bits per heavy atom. The number of phenolic OH excluding ortho intramolecular Hbond substituents is 1. The van der Waals surface area contributed by atoms with Gasteiger partial charge in [-0.25, -0.2) is 5.43 Å². The van der Waals surface area contributed by atoms with Crippen molar-refractivity contribution < 1.29 is 29.2 Å². The Kier molecular flexibility index (Phi) is 6.63. The van der Waals surface area contributed by atoms with Crippen LogP contribution in [0.5, 0.6) is 17.2 Å². The van der Waals surface area contributed by atoms with Crippen LogP contribution < -0.4 is 14.9 Å². The minimum atomic E-state index is -0.743. The Bertz CT molecular complexity index is 990. The maximum atomic E-state index is 11.8. The van der Waals surface area contributed by atoms with Crippen molar-refractivity contribution in [2.75, 3.05) is 13.7 Å². The molecule has 0 heterocycles. The van der Waals surface area contributed by atoms with Crippen LogP contribution in [-0.4, -0.2) is 40.8 Å². The number of rotatable bonds is 8. The number of aromatic hydroxyl groups is 1. The molecule has 2 N–H and O–H groups in total. The summed E-state index contributed by atoms with van der Waals surface area (Å²) in [5.74, 6) is -1.36. The standard InChI is InChI=1S/C17H16N4O8/c1-10-3-4-14(13(5-10)21(26)27)29-9-16(22)19-18-8-11-6-12(20(24)25)7-15(28-2)17(11)23/h3-8,23H,9H2,1-2H3,(H,19,22)/b18-8-. The molecule has 0 saturated heterocycles. The van der Waals surface area contributed by atoms with Gasteiger partial charge in [0.2, 0.25) is 0 Å². The number of amides is 1. The molecular weight excluding hydrogens is 388 g/mol. The van der Waals surface area contributed by atoms with Gasteiger partial charge in [-0.3, -0.25) is 25.0 Å². The minimum absolute atomic E-state index is 0.0635. The van der Waals surface area contributed by atoms with E-state index in [9.17, 15) is 30.1 Å². The van der Waals surface area contributed by atoms with Crippen molar-refractivity contribution in [3.63, 3.8) is 0 Å². The lowest BCUT2D eigenvalue weighted by atomic mass is 10.2. The number of hydrogen-bond donors (Lipinski definition) is 2. The molecule has 0 unspecified atom stereocenters. The predicted molar refractivity (Wildman–Crippen MR) is 100 cm³/mol. The van der Waals surface area contributed by atoms with E-state index in [1.807, 2.05) is 0 Å². The van der Waals surface area contributed by atoms with Gasteiger partial charge >= 0.3 is 5.69 Å². The molecule has 0 fully saturated rings. The summed E-state index contributed by atoms with van der Waals surface area (Å²) < 4.78 is 9.99. The number of ether oxygens (including phenoxy) is 2. The molecule has 0 spiro atoms. The van der Waals surface area contributed by atoms with Gasteiger partial charge in [0, 0.05) is 17.7 Å². The summed E-state index contributed by atoms with van der Waals surface area (Å²) in [5.41, 5.74) is 2.06. The van der Waals surface area contributed by atoms with Crippen molar-refractivity contribution in [2.45, 2.75) is 6.92 Å². The highest BCUT2D eigenvalue weighted by molar-refractivity contribution is 5.87. The minimum Gasteiger partial charge on any atom is -0.504 e. The van der Waals surface area contributed by atoms with Gasteiger partial charge in [-0.15, -0.1) is 0 Å². The Balaban J connectivity index is 2.05. The van der Waals surface area contributed by atoms with Crippen molar-refractivity contribution in [3.8, 4) is 17.2 Å². The fraction of sp³-hybridized carbons (Fsp3) is 0.176. The van der Waals surface area contributed by atoms with Crippen LogP contribution in [0, 0.1) is 27.2 Å². The van der Waals surface area contributed by atoms with Gasteiger partial charge in [0.25, 0.3) is 11.6 Å². The fourth-order valence-corrected chi connectivity index (χ4v) is 2.22. The smallest absolute Gasteiger partial charge is 0.311 e. The Hall–Kier alpha value is -4.22. The summed E-state index contributed by atoms with van der Waals surface area (Å²) in [4.78, 5) is 32.5. The molecule has 1 amide bonds. The number of nitro benzene ring substituents is 2. The molecule has 0 saturated carbocycles. The van der Waals surface area contributed by atoms with Crippen LogP contribution in [-0.2, 0) is 4.79 Å². The van der Waals surface area contributed by atoms with Gasteiger partial charge in [0.1, 0.15) is 0 Å². The highest BCUT2D eigenvalue weighted by Gasteiger charge is 2.17. The highest BCUT2D eigenvalue weighted by atomic mass is 16.6. The third-order valence-electron chi connectivity index (χ3n) is 3.58. The first-order chi connectivity index (χ1) is 13.7. The molecule has 12 nitrogen and oxygen atoms in total. The number of hydrogen-bond acceptors (Lipinski definition) is 9. The van der Waals surface area contributed by atoms with Crippen LogP contribution >= 0.6 is 0 Å². The van der Waals surface area contributed by atoms with E-state index >= 15 is 0 Å². The number of nitro groups is 2. The summed E-state index contributed by atoms with van der Waals surface area (Å²) in [6, 6.07) is 6.35. The summed E-state index contributed by atoms with van der Waals surface area (Å²) in [5, 5.41) is 35.5. The van der Waals surface area contributed by atoms with E-state index in [0.717, 1.165) is 18.3 Å². The molecule has 2 rings (SSSR count). The summed E-state index contributed by atoms with van der Waals surface area (Å²) in [7, 11) is 1.23. The van der Waals surface area contributed by atoms with Gasteiger partial charge in [0.05, 0.1) is 29.2 Å². The monoisotopic (exact) mass is 404 g/mol. The average molecular weight is 404 g/mol. The zero-order valence-corrected chi connectivity index (χ0v) is 15.3. The second-order valence-electron chi connectivity index (χ2n) is 5.65. The quantitative estimate of drug-likeness (QED) is 0.383. The molecule has 0 bridgehead atoms. The first-order valence-electron chi connectivity index (χ1n) is 7.98. The van der Waals surface area contributed by atoms with Crippen LogP contribution in [0.25, 0.3) is 0 Å². The van der Waals surface area contributed by atoms with E-state index in [0.29, 0.717) is 5.56 Å². The first-order valence-corrected chi connectivity index (χ1v) is 7.98. The van der Waals surface area contributed by atoms with Crippen LogP contribution in [0.2, 0.25) is 0 Å². The third kappa shape index (κ3) is 5.38. The molecule has 152 valence electrons. The number of carbonyl (C=O) groups is 1. The molecule has 12 heteroatoms. The lowest BCUT2D eigenvalue weighted by Crippen LogP contribution is -2.24. The van der Waals surface area contributed by atoms with E-state index < -0.39 is 28.1 Å². The summed E-state index contributed by atoms with van der Waals surface area (Å²) in [6.07, 6.45) is 0.983. The van der Waals surface area contributed by atoms with Gasteiger partial charge in [-0.1, -0.05) is 6.07 Å². The number of hydrazone groups is 1. The molecule has 29 heavy (non-hydrogen) atoms. The number of phenols is 1. The van der Waals surface area contributed by atoms with Gasteiger partial charge in [-0.05, 0) is 18.6 Å². The van der Waals surface area contributed by atoms with Gasteiger partial charge < -0.3 is 14.6 Å². The number of methoxy groups -OCH3 is 1. The summed E-state index contributed by atoms with van der Waals surface area (Å²) in [6.45, 7) is 1.11. The molecule has 0 aliphatic heterocycles. The number of nitrogens with one attached hydrogen (secondary N) is 1. The maximum absolute atomic E-state index is 11.8. The largest absolute Gasteiger partial charge is 0.504 e. The van der Waals surface area contributed by atoms with Gasteiger partial charge in [-0.2, -0.15) is 5.10 Å². The predicted octanol–water partition coefficient (Wildman–Crippen LogP) is 2.05. The van der Waals surface area contributed by atoms with Crippen molar-refractivity contribution >= 4 is 23.5 Å². The van der Waals surface area contributed by atoms with E-state index in [1.54, 1.807) is 13.0 Å². The van der Waals surface area contributed by atoms with Crippen molar-refractivity contribution in [1.82, 2.24) is 5.43 Å². The molecule has 0 aliphatic rings. The molecule has 0 atom stereocenters. The average Bonchev–Trinajstić information content (AvgIpc) is 2.67. The molecule has 0 aromatic heterocycles. The van der Waals surface area contributed by atoms with Crippen LogP contribution in [0.1, 0.15) is 11.1 Å². The molecule has 0 aliphatic carbocycles. The summed E-state index contributed by atoms with van der Waals surface area (Å²) >= 11 is 0. The second kappa shape index (κ2) is 9.12. The number of non-ortho nitro benzene ring substituents is 1. The molecule has 2 aromatic carbocycles. The maximum Gasteiger partial charge on any atom is 0.311 e. The lowest BCUT2D eigenvalue weighted by Gasteiger charge is -2.07. The Morgan fingerprint density at radius 1 is 1.21 bits per heavy atom. The van der Waals surface area contributed by atoms with E-state index in [-0.39, 0.29) is 28.4 Å². The van der Waals surface area contributed by atoms with Crippen LogP contribution in [0.3, 0.4) is 0 Å². The number of carbonyl (C=O) groups excluding carboxylic acids is 1. The van der Waals surface area contributed by atoms with Crippen LogP contribution in [0.4, 0.5) is 11.4 Å². The van der Waals surface area contributed by atoms with E-state index in [4.69, 9.17) is 9.47 Å². The second-order valence-corrected chi connectivity index (χ2v) is 5.65. The highest BCUT2D eigenvalue weighted by Crippen LogP contribution is 2.33. The van der Waals surface area contributed by atoms with E-state index in [1.165, 1.54) is 19.2 Å². The van der Waals surface area contributed by atoms with Crippen molar-refractivity contribution in [1.29, 1.82) is 0 Å². The zero-order chi connectivity index (χ0) is 21.6. The molecule has 2 aromatic rings. The number of aryl methyl sites for hydroxylation is 1. The SMILES string of the molecule is COc1cc([N+](=O)[O-])cc(/C=N\NC(=O)COc2ccc(C)cc2[N+](=O)[O-])c1O. The normalized spacial score (nSPS) is 10.6. The van der Waals surface area contributed by atoms with Crippen LogP contribution in [0.15, 0.2) is 35.4 Å². The Morgan fingerprint density at radius 2 is 1.93 bits per heavy atom. The van der Waals surface area contributed by atoms with Gasteiger partial charge in [0.15, 0.2) is 23.9 Å². The zero-order valence-electron chi connectivity index (χ0n) is 15.3. The Labute approximate surface area is 163 Å². The first kappa shape index (κ1) is 21.1. The number of nitrogens with zero attached hydrogens (tertiary/aromatic N) is 3. The molecule has 0 radical (unpaired) electrons. The molecular formula is C17H16N4O8. The van der Waals surface area contributed by atoms with E-state index in [2.05, 4.69) is 10.5 Å². The third-order valence-corrected chi connectivity index (χ3v) is 3.58. The number of benzene rings is 2. The van der Waals surface area contributed by atoms with Crippen molar-refractivity contribution in [3.05, 3.63) is 61.7 Å². The lowest BCUT2D eigenvalue weighted by molar-refractivity contribution is -0.385. The van der Waals surface area contributed by atoms with Crippen molar-refractivity contribution in [2.24, 2.45) is 5.10 Å². The topological polar surface area (TPSA) is 166 Å².